The zero-order valence-electron chi connectivity index (χ0n) is 16.8. The van der Waals surface area contributed by atoms with Gasteiger partial charge >= 0.3 is 0 Å². The first-order chi connectivity index (χ1) is 13.8. The van der Waals surface area contributed by atoms with Crippen molar-refractivity contribution < 1.29 is 8.78 Å². The molecule has 150 valence electrons. The van der Waals surface area contributed by atoms with Gasteiger partial charge in [-0.25, -0.2) is 8.78 Å². The molecule has 0 spiro atoms. The van der Waals surface area contributed by atoms with Crippen molar-refractivity contribution >= 4 is 0 Å². The quantitative estimate of drug-likeness (QED) is 0.381. The van der Waals surface area contributed by atoms with E-state index in [-0.39, 0.29) is 5.82 Å². The van der Waals surface area contributed by atoms with E-state index in [1.165, 1.54) is 69.1 Å². The van der Waals surface area contributed by atoms with Gasteiger partial charge in [-0.15, -0.1) is 0 Å². The lowest BCUT2D eigenvalue weighted by molar-refractivity contribution is 0.302. The maximum atomic E-state index is 13.1. The summed E-state index contributed by atoms with van der Waals surface area (Å²) in [6, 6.07) is 15.6. The summed E-state index contributed by atoms with van der Waals surface area (Å²) in [5.41, 5.74) is 3.67. The van der Waals surface area contributed by atoms with Crippen molar-refractivity contribution in [1.29, 1.82) is 0 Å². The van der Waals surface area contributed by atoms with Gasteiger partial charge in [0.05, 0.1) is 6.33 Å². The summed E-state index contributed by atoms with van der Waals surface area (Å²) in [7, 11) is 0. The van der Waals surface area contributed by atoms with Crippen LogP contribution in [0.1, 0.15) is 75.7 Å². The van der Waals surface area contributed by atoms with Gasteiger partial charge in [0.25, 0.3) is 0 Å². The Morgan fingerprint density at radius 1 is 0.750 bits per heavy atom. The fraction of sp³-hybridized carbons (Fsp3) is 0.462. The topological polar surface area (TPSA) is 0 Å². The van der Waals surface area contributed by atoms with Gasteiger partial charge in [0.1, 0.15) is 5.82 Å². The highest BCUT2D eigenvalue weighted by molar-refractivity contribution is 5.63. The van der Waals surface area contributed by atoms with E-state index in [1.807, 2.05) is 12.1 Å². The Bertz CT molecular complexity index is 707. The second kappa shape index (κ2) is 11.1. The lowest BCUT2D eigenvalue weighted by atomic mass is 9.77. The Hall–Kier alpha value is -1.96. The Labute approximate surface area is 168 Å². The van der Waals surface area contributed by atoms with Crippen molar-refractivity contribution in [2.75, 3.05) is 0 Å². The minimum Gasteiger partial charge on any atom is -0.216 e. The minimum atomic E-state index is -0.189. The number of rotatable bonds is 9. The third kappa shape index (κ3) is 6.29. The highest BCUT2D eigenvalue weighted by Gasteiger charge is 2.22. The maximum Gasteiger partial charge on any atom is 0.123 e. The lowest BCUT2D eigenvalue weighted by Crippen LogP contribution is -2.13. The lowest BCUT2D eigenvalue weighted by Gasteiger charge is -2.29. The maximum absolute atomic E-state index is 13.1. The summed E-state index contributed by atoms with van der Waals surface area (Å²) < 4.78 is 25.0. The first-order valence-corrected chi connectivity index (χ1v) is 10.9. The van der Waals surface area contributed by atoms with Crippen molar-refractivity contribution in [2.24, 2.45) is 5.92 Å². The number of allylic oxidation sites excluding steroid dienone is 1. The molecule has 0 unspecified atom stereocenters. The second-order valence-corrected chi connectivity index (χ2v) is 8.20. The molecule has 1 aliphatic carbocycles. The molecule has 0 nitrogen and oxygen atoms in total. The van der Waals surface area contributed by atoms with Crippen molar-refractivity contribution in [3.8, 4) is 11.1 Å². The molecule has 2 aromatic rings. The Kier molecular flexibility index (Phi) is 8.26. The number of hydrogen-bond donors (Lipinski definition) is 0. The first-order valence-electron chi connectivity index (χ1n) is 10.9. The van der Waals surface area contributed by atoms with Crippen LogP contribution in [-0.4, -0.2) is 0 Å². The smallest absolute Gasteiger partial charge is 0.123 e. The Morgan fingerprint density at radius 2 is 1.36 bits per heavy atom. The second-order valence-electron chi connectivity index (χ2n) is 8.20. The third-order valence-electron chi connectivity index (χ3n) is 6.23. The van der Waals surface area contributed by atoms with Crippen LogP contribution in [0.3, 0.4) is 0 Å². The van der Waals surface area contributed by atoms with E-state index in [9.17, 15) is 8.78 Å². The first kappa shape index (κ1) is 20.8. The Morgan fingerprint density at radius 3 is 2.00 bits per heavy atom. The molecular weight excluding hydrogens is 350 g/mol. The minimum absolute atomic E-state index is 0.189. The van der Waals surface area contributed by atoms with Crippen LogP contribution in [0.15, 0.2) is 60.9 Å². The molecule has 3 rings (SSSR count). The van der Waals surface area contributed by atoms with E-state index in [0.717, 1.165) is 29.9 Å². The standard InChI is InChI=1S/C26H32F2/c27-20-6-4-2-1-3-5-7-21-8-10-22(11-9-21)23-12-14-24(15-13-23)25-16-18-26(28)19-17-25/h6,12-22H,1-5,7-11H2. The van der Waals surface area contributed by atoms with E-state index in [1.54, 1.807) is 6.08 Å². The van der Waals surface area contributed by atoms with Crippen molar-refractivity contribution in [3.63, 3.8) is 0 Å². The molecule has 0 atom stereocenters. The van der Waals surface area contributed by atoms with Gasteiger partial charge in [0.15, 0.2) is 0 Å². The van der Waals surface area contributed by atoms with Crippen LogP contribution in [0.2, 0.25) is 0 Å². The van der Waals surface area contributed by atoms with E-state index in [4.69, 9.17) is 0 Å². The normalized spacial score (nSPS) is 19.9. The molecule has 0 N–H and O–H groups in total. The summed E-state index contributed by atoms with van der Waals surface area (Å²) in [5.74, 6) is 1.39. The molecule has 2 heteroatoms. The monoisotopic (exact) mass is 382 g/mol. The van der Waals surface area contributed by atoms with Gasteiger partial charge in [-0.05, 0) is 79.2 Å². The van der Waals surface area contributed by atoms with Gasteiger partial charge < -0.3 is 0 Å². The number of hydrogen-bond acceptors (Lipinski definition) is 0. The fourth-order valence-electron chi connectivity index (χ4n) is 4.49. The molecule has 0 bridgehead atoms. The molecule has 0 aromatic heterocycles. The fourth-order valence-corrected chi connectivity index (χ4v) is 4.49. The van der Waals surface area contributed by atoms with Crippen molar-refractivity contribution in [2.45, 2.75) is 70.1 Å². The van der Waals surface area contributed by atoms with Gasteiger partial charge in [-0.1, -0.05) is 68.2 Å². The van der Waals surface area contributed by atoms with E-state index in [2.05, 4.69) is 24.3 Å². The largest absolute Gasteiger partial charge is 0.216 e. The van der Waals surface area contributed by atoms with E-state index >= 15 is 0 Å². The van der Waals surface area contributed by atoms with E-state index in [0.29, 0.717) is 12.2 Å². The molecule has 1 saturated carbocycles. The predicted octanol–water partition coefficient (Wildman–Crippen LogP) is 8.59. The molecule has 0 amide bonds. The van der Waals surface area contributed by atoms with Crippen LogP contribution in [0.25, 0.3) is 11.1 Å². The van der Waals surface area contributed by atoms with Gasteiger partial charge in [0.2, 0.25) is 0 Å². The summed E-state index contributed by atoms with van der Waals surface area (Å²) in [6.07, 6.45) is 14.7. The van der Waals surface area contributed by atoms with Crippen LogP contribution in [0.4, 0.5) is 8.78 Å². The van der Waals surface area contributed by atoms with Crippen LogP contribution in [-0.2, 0) is 0 Å². The number of halogens is 2. The molecule has 28 heavy (non-hydrogen) atoms. The van der Waals surface area contributed by atoms with Crippen molar-refractivity contribution in [1.82, 2.24) is 0 Å². The molecular formula is C26H32F2. The van der Waals surface area contributed by atoms with Gasteiger partial charge in [0, 0.05) is 0 Å². The number of unbranched alkanes of at least 4 members (excludes halogenated alkanes) is 4. The molecule has 0 heterocycles. The van der Waals surface area contributed by atoms with Crippen LogP contribution >= 0.6 is 0 Å². The third-order valence-corrected chi connectivity index (χ3v) is 6.23. The van der Waals surface area contributed by atoms with Crippen LogP contribution in [0, 0.1) is 11.7 Å². The molecule has 1 aliphatic rings. The summed E-state index contributed by atoms with van der Waals surface area (Å²) in [5, 5.41) is 0. The van der Waals surface area contributed by atoms with Crippen LogP contribution < -0.4 is 0 Å². The molecule has 2 aromatic carbocycles. The molecule has 1 fully saturated rings. The van der Waals surface area contributed by atoms with Crippen molar-refractivity contribution in [3.05, 3.63) is 72.3 Å². The average Bonchev–Trinajstić information content (AvgIpc) is 2.74. The summed E-state index contributed by atoms with van der Waals surface area (Å²) in [4.78, 5) is 0. The van der Waals surface area contributed by atoms with Crippen LogP contribution in [0.5, 0.6) is 0 Å². The SMILES string of the molecule is FC=CCCCCCCC1CCC(c2ccc(-c3ccc(F)cc3)cc2)CC1. The van der Waals surface area contributed by atoms with Gasteiger partial charge in [-0.2, -0.15) is 0 Å². The molecule has 0 saturated heterocycles. The number of benzene rings is 2. The zero-order valence-corrected chi connectivity index (χ0v) is 16.8. The van der Waals surface area contributed by atoms with Gasteiger partial charge in [-0.3, -0.25) is 0 Å². The highest BCUT2D eigenvalue weighted by Crippen LogP contribution is 2.38. The average molecular weight is 383 g/mol. The molecule has 0 aliphatic heterocycles. The zero-order chi connectivity index (χ0) is 19.6. The van der Waals surface area contributed by atoms with E-state index < -0.39 is 0 Å². The highest BCUT2D eigenvalue weighted by atomic mass is 19.1. The predicted molar refractivity (Wildman–Crippen MR) is 114 cm³/mol. The summed E-state index contributed by atoms with van der Waals surface area (Å²) >= 11 is 0. The summed E-state index contributed by atoms with van der Waals surface area (Å²) in [6.45, 7) is 0. The Balaban J connectivity index is 1.39. The molecule has 0 radical (unpaired) electrons.